The van der Waals surface area contributed by atoms with Crippen LogP contribution in [0.5, 0.6) is 0 Å². The standard InChI is InChI=1S/C5H14O6P2/c1-4-9-13(8,10-5-2)11-12(3,6)7/h4-5H2,1-3H3,(H,6,7). The van der Waals surface area contributed by atoms with Crippen LogP contribution in [-0.4, -0.2) is 24.8 Å². The Morgan fingerprint density at radius 3 is 1.77 bits per heavy atom. The summed E-state index contributed by atoms with van der Waals surface area (Å²) in [4.78, 5) is 8.81. The third-order valence-electron chi connectivity index (χ3n) is 0.826. The van der Waals surface area contributed by atoms with Crippen LogP contribution in [0.1, 0.15) is 13.8 Å². The zero-order chi connectivity index (χ0) is 10.5. The van der Waals surface area contributed by atoms with Crippen molar-refractivity contribution < 1.29 is 27.4 Å². The highest BCUT2D eigenvalue weighted by Gasteiger charge is 2.32. The lowest BCUT2D eigenvalue weighted by molar-refractivity contribution is 0.163. The second-order valence-electron chi connectivity index (χ2n) is 2.17. The van der Waals surface area contributed by atoms with Crippen LogP contribution in [0.25, 0.3) is 0 Å². The quantitative estimate of drug-likeness (QED) is 0.705. The fourth-order valence-electron chi connectivity index (χ4n) is 0.586. The number of hydrogen-bond acceptors (Lipinski definition) is 5. The molecule has 1 atom stereocenters. The van der Waals surface area contributed by atoms with Crippen LogP contribution in [0.2, 0.25) is 0 Å². The van der Waals surface area contributed by atoms with Gasteiger partial charge in [0.25, 0.3) is 0 Å². The molecule has 0 spiro atoms. The van der Waals surface area contributed by atoms with Crippen LogP contribution in [-0.2, 0) is 22.5 Å². The van der Waals surface area contributed by atoms with Crippen molar-refractivity contribution >= 4 is 15.4 Å². The Morgan fingerprint density at radius 1 is 1.15 bits per heavy atom. The van der Waals surface area contributed by atoms with E-state index in [9.17, 15) is 9.13 Å². The molecule has 0 bridgehead atoms. The van der Waals surface area contributed by atoms with Crippen molar-refractivity contribution in [3.63, 3.8) is 0 Å². The highest BCUT2D eigenvalue weighted by Crippen LogP contribution is 2.61. The van der Waals surface area contributed by atoms with E-state index >= 15 is 0 Å². The molecular weight excluding hydrogens is 218 g/mol. The second-order valence-corrected chi connectivity index (χ2v) is 5.84. The molecule has 0 heterocycles. The summed E-state index contributed by atoms with van der Waals surface area (Å²) in [6.45, 7) is 4.23. The van der Waals surface area contributed by atoms with E-state index in [1.807, 2.05) is 0 Å². The van der Waals surface area contributed by atoms with Crippen molar-refractivity contribution in [1.82, 2.24) is 0 Å². The van der Waals surface area contributed by atoms with Gasteiger partial charge in [0.15, 0.2) is 0 Å². The Hall–Kier alpha value is 0.300. The Labute approximate surface area is 77.3 Å². The topological polar surface area (TPSA) is 82.1 Å². The first kappa shape index (κ1) is 13.3. The maximum Gasteiger partial charge on any atom is 0.482 e. The van der Waals surface area contributed by atoms with Gasteiger partial charge in [-0.3, -0.25) is 13.6 Å². The Morgan fingerprint density at radius 2 is 1.54 bits per heavy atom. The van der Waals surface area contributed by atoms with Crippen molar-refractivity contribution in [2.45, 2.75) is 13.8 Å². The maximum absolute atomic E-state index is 11.4. The lowest BCUT2D eigenvalue weighted by Gasteiger charge is -2.17. The molecular formula is C5H14O6P2. The zero-order valence-electron chi connectivity index (χ0n) is 7.80. The molecule has 0 saturated heterocycles. The molecule has 0 aliphatic rings. The van der Waals surface area contributed by atoms with Gasteiger partial charge in [0.1, 0.15) is 0 Å². The third kappa shape index (κ3) is 6.38. The van der Waals surface area contributed by atoms with Gasteiger partial charge in [-0.1, -0.05) is 0 Å². The zero-order valence-corrected chi connectivity index (χ0v) is 9.59. The third-order valence-corrected chi connectivity index (χ3v) is 3.99. The van der Waals surface area contributed by atoms with Crippen LogP contribution < -0.4 is 0 Å². The first-order valence-electron chi connectivity index (χ1n) is 3.73. The van der Waals surface area contributed by atoms with Gasteiger partial charge < -0.3 is 4.89 Å². The fraction of sp³-hybridized carbons (Fsp3) is 1.00. The van der Waals surface area contributed by atoms with E-state index in [0.29, 0.717) is 0 Å². The summed E-state index contributed by atoms with van der Waals surface area (Å²) < 4.78 is 35.8. The molecule has 1 N–H and O–H groups in total. The fourth-order valence-corrected chi connectivity index (χ4v) is 3.15. The van der Waals surface area contributed by atoms with Crippen molar-refractivity contribution in [2.75, 3.05) is 19.9 Å². The Bertz CT molecular complexity index is 223. The molecule has 0 amide bonds. The Kier molecular flexibility index (Phi) is 5.37. The molecule has 0 rings (SSSR count). The molecule has 0 saturated carbocycles. The number of phosphoric ester groups is 1. The summed E-state index contributed by atoms with van der Waals surface area (Å²) in [5.74, 6) is 0. The maximum atomic E-state index is 11.4. The summed E-state index contributed by atoms with van der Waals surface area (Å²) in [6.07, 6.45) is 0. The molecule has 0 aliphatic heterocycles. The molecule has 0 aromatic carbocycles. The van der Waals surface area contributed by atoms with Crippen LogP contribution in [0, 0.1) is 0 Å². The van der Waals surface area contributed by atoms with E-state index in [-0.39, 0.29) is 13.2 Å². The number of rotatable bonds is 6. The minimum atomic E-state index is -3.86. The van der Waals surface area contributed by atoms with E-state index in [1.54, 1.807) is 13.8 Å². The van der Waals surface area contributed by atoms with Crippen LogP contribution in [0.15, 0.2) is 0 Å². The average Bonchev–Trinajstić information content (AvgIpc) is 1.82. The van der Waals surface area contributed by atoms with E-state index < -0.39 is 15.4 Å². The molecule has 80 valence electrons. The molecule has 0 fully saturated rings. The summed E-state index contributed by atoms with van der Waals surface area (Å²) in [7, 11) is -7.71. The predicted molar refractivity (Wildman–Crippen MR) is 47.7 cm³/mol. The highest BCUT2D eigenvalue weighted by atomic mass is 31.3. The van der Waals surface area contributed by atoms with Gasteiger partial charge in [-0.05, 0) is 13.8 Å². The smallest absolute Gasteiger partial charge is 0.324 e. The first-order chi connectivity index (χ1) is 5.83. The van der Waals surface area contributed by atoms with E-state index in [0.717, 1.165) is 6.66 Å². The van der Waals surface area contributed by atoms with E-state index in [1.165, 1.54) is 0 Å². The van der Waals surface area contributed by atoms with Gasteiger partial charge >= 0.3 is 15.4 Å². The second kappa shape index (κ2) is 5.25. The van der Waals surface area contributed by atoms with Gasteiger partial charge in [-0.15, -0.1) is 0 Å². The predicted octanol–water partition coefficient (Wildman–Crippen LogP) is 2.00. The van der Waals surface area contributed by atoms with Crippen molar-refractivity contribution in [2.24, 2.45) is 0 Å². The summed E-state index contributed by atoms with van der Waals surface area (Å²) >= 11 is 0. The van der Waals surface area contributed by atoms with Crippen LogP contribution >= 0.6 is 15.4 Å². The van der Waals surface area contributed by atoms with Crippen molar-refractivity contribution in [3.8, 4) is 0 Å². The lowest BCUT2D eigenvalue weighted by Crippen LogP contribution is -1.98. The van der Waals surface area contributed by atoms with Gasteiger partial charge in [0.2, 0.25) is 0 Å². The average molecular weight is 232 g/mol. The number of phosphoric acid groups is 1. The van der Waals surface area contributed by atoms with Gasteiger partial charge in [-0.25, -0.2) is 8.88 Å². The van der Waals surface area contributed by atoms with Crippen molar-refractivity contribution in [3.05, 3.63) is 0 Å². The minimum absolute atomic E-state index is 0.0806. The summed E-state index contributed by atoms with van der Waals surface area (Å²) in [5.41, 5.74) is 0. The molecule has 0 radical (unpaired) electrons. The van der Waals surface area contributed by atoms with Gasteiger partial charge in [-0.2, -0.15) is 0 Å². The monoisotopic (exact) mass is 232 g/mol. The SMILES string of the molecule is CCOP(=O)(OCC)OP(C)(=O)O. The highest BCUT2D eigenvalue weighted by molar-refractivity contribution is 7.63. The molecule has 0 aromatic heterocycles. The molecule has 0 aromatic rings. The largest absolute Gasteiger partial charge is 0.482 e. The van der Waals surface area contributed by atoms with E-state index in [2.05, 4.69) is 13.4 Å². The van der Waals surface area contributed by atoms with E-state index in [4.69, 9.17) is 4.89 Å². The van der Waals surface area contributed by atoms with Crippen LogP contribution in [0.4, 0.5) is 0 Å². The minimum Gasteiger partial charge on any atom is -0.324 e. The molecule has 6 nitrogen and oxygen atoms in total. The van der Waals surface area contributed by atoms with Crippen LogP contribution in [0.3, 0.4) is 0 Å². The summed E-state index contributed by atoms with van der Waals surface area (Å²) in [6, 6.07) is 0. The molecule has 8 heteroatoms. The van der Waals surface area contributed by atoms with Gasteiger partial charge in [0.05, 0.1) is 13.2 Å². The summed E-state index contributed by atoms with van der Waals surface area (Å²) in [5, 5.41) is 0. The number of hydrogen-bond donors (Lipinski definition) is 1. The molecule has 0 aliphatic carbocycles. The van der Waals surface area contributed by atoms with Gasteiger partial charge in [0, 0.05) is 6.66 Å². The lowest BCUT2D eigenvalue weighted by atomic mass is 10.9. The Balaban J connectivity index is 4.42. The molecule has 13 heavy (non-hydrogen) atoms. The van der Waals surface area contributed by atoms with Crippen molar-refractivity contribution in [1.29, 1.82) is 0 Å². The molecule has 1 unspecified atom stereocenters. The normalized spacial score (nSPS) is 16.9. The first-order valence-corrected chi connectivity index (χ1v) is 7.22.